The maximum Gasteiger partial charge on any atom is 0.323 e. The fraction of sp³-hybridized carbons (Fsp3) is 0.0968. The van der Waals surface area contributed by atoms with Crippen LogP contribution in [0.15, 0.2) is 85.2 Å². The minimum Gasteiger partial charge on any atom is -0.308 e. The largest absolute Gasteiger partial charge is 0.323 e. The maximum absolute atomic E-state index is 12.5. The van der Waals surface area contributed by atoms with Crippen molar-refractivity contribution in [1.29, 1.82) is 0 Å². The Balaban J connectivity index is 1.58. The van der Waals surface area contributed by atoms with Crippen molar-refractivity contribution in [2.24, 2.45) is 7.05 Å². The van der Waals surface area contributed by atoms with Crippen LogP contribution in [0.5, 0.6) is 0 Å². The van der Waals surface area contributed by atoms with E-state index in [0.29, 0.717) is 5.69 Å². The number of carbonyl (C=O) groups excluding carboxylic acids is 1. The molecule has 2 N–H and O–H groups in total. The fourth-order valence-electron chi connectivity index (χ4n) is 3.55. The number of nitrogens with one attached hydrogen (secondary N) is 2. The van der Waals surface area contributed by atoms with E-state index in [0.717, 1.165) is 37.1 Å². The molecule has 176 valence electrons. The van der Waals surface area contributed by atoms with Gasteiger partial charge < -0.3 is 10.6 Å². The van der Waals surface area contributed by atoms with E-state index in [9.17, 15) is 4.79 Å². The molecule has 0 aliphatic rings. The molecule has 1 aromatic heterocycles. The summed E-state index contributed by atoms with van der Waals surface area (Å²) in [5.74, 6) is 13.0. The van der Waals surface area contributed by atoms with Crippen LogP contribution in [0, 0.1) is 41.1 Å². The predicted molar refractivity (Wildman–Crippen MR) is 154 cm³/mol. The third-order valence-electron chi connectivity index (χ3n) is 5.26. The van der Waals surface area contributed by atoms with Crippen molar-refractivity contribution in [1.82, 2.24) is 0 Å². The van der Waals surface area contributed by atoms with Crippen molar-refractivity contribution >= 4 is 40.0 Å². The van der Waals surface area contributed by atoms with E-state index in [1.54, 1.807) is 0 Å². The summed E-state index contributed by atoms with van der Waals surface area (Å²) in [6.45, 7) is 4.07. The average molecular weight is 582 g/mol. The SMILES string of the molecule is Cc1ccc(I)c(C#Cc2cc(C#Cc3cc(C)ccc3NC(=O)Nc3ccccc3)c[n+](C)c2)c1. The fourth-order valence-corrected chi connectivity index (χ4v) is 4.02. The summed E-state index contributed by atoms with van der Waals surface area (Å²) in [5.41, 5.74) is 7.09. The van der Waals surface area contributed by atoms with E-state index in [1.807, 2.05) is 85.5 Å². The van der Waals surface area contributed by atoms with Crippen molar-refractivity contribution in [2.45, 2.75) is 13.8 Å². The van der Waals surface area contributed by atoms with Crippen LogP contribution < -0.4 is 15.2 Å². The summed E-state index contributed by atoms with van der Waals surface area (Å²) in [6, 6.07) is 23.0. The van der Waals surface area contributed by atoms with Crippen molar-refractivity contribution in [2.75, 3.05) is 10.6 Å². The first-order valence-corrected chi connectivity index (χ1v) is 12.5. The van der Waals surface area contributed by atoms with Crippen molar-refractivity contribution in [3.8, 4) is 23.7 Å². The smallest absolute Gasteiger partial charge is 0.308 e. The van der Waals surface area contributed by atoms with Gasteiger partial charge in [-0.05, 0) is 90.0 Å². The van der Waals surface area contributed by atoms with Gasteiger partial charge in [0.1, 0.15) is 7.05 Å². The first kappa shape index (κ1) is 25.0. The Labute approximate surface area is 225 Å². The number of amides is 2. The van der Waals surface area contributed by atoms with Crippen molar-refractivity contribution in [3.05, 3.63) is 122 Å². The summed E-state index contributed by atoms with van der Waals surface area (Å²) in [5, 5.41) is 5.75. The first-order valence-electron chi connectivity index (χ1n) is 11.4. The van der Waals surface area contributed by atoms with E-state index in [4.69, 9.17) is 0 Å². The Hall–Kier alpha value is -4.07. The molecule has 0 spiro atoms. The zero-order valence-electron chi connectivity index (χ0n) is 20.3. The monoisotopic (exact) mass is 582 g/mol. The Kier molecular flexibility index (Phi) is 8.05. The Morgan fingerprint density at radius 2 is 1.36 bits per heavy atom. The van der Waals surface area contributed by atoms with E-state index < -0.39 is 0 Å². The number of aryl methyl sites for hydroxylation is 3. The van der Waals surface area contributed by atoms with Crippen LogP contribution in [0.2, 0.25) is 0 Å². The molecule has 0 saturated heterocycles. The minimum absolute atomic E-state index is 0.317. The van der Waals surface area contributed by atoms with Gasteiger partial charge in [0.15, 0.2) is 12.4 Å². The second-order valence-electron chi connectivity index (χ2n) is 8.46. The van der Waals surface area contributed by atoms with Gasteiger partial charge in [0, 0.05) is 20.4 Å². The number of anilines is 2. The van der Waals surface area contributed by atoms with Crippen LogP contribution in [0.25, 0.3) is 0 Å². The third kappa shape index (κ3) is 6.97. The van der Waals surface area contributed by atoms with Crippen LogP contribution in [-0.2, 0) is 7.05 Å². The van der Waals surface area contributed by atoms with Gasteiger partial charge in [0.05, 0.1) is 16.8 Å². The Morgan fingerprint density at radius 1 is 0.750 bits per heavy atom. The number of urea groups is 1. The van der Waals surface area contributed by atoms with Crippen LogP contribution in [0.4, 0.5) is 16.2 Å². The lowest BCUT2D eigenvalue weighted by atomic mass is 10.1. The Bertz CT molecular complexity index is 1550. The predicted octanol–water partition coefficient (Wildman–Crippen LogP) is 6.18. The molecule has 4 aromatic rings. The highest BCUT2D eigenvalue weighted by molar-refractivity contribution is 14.1. The van der Waals surface area contributed by atoms with Gasteiger partial charge in [-0.1, -0.05) is 54.0 Å². The number of pyridine rings is 1. The Morgan fingerprint density at radius 3 is 2.06 bits per heavy atom. The molecule has 5 heteroatoms. The van der Waals surface area contributed by atoms with E-state index in [1.165, 1.54) is 5.56 Å². The molecule has 2 amide bonds. The average Bonchev–Trinajstić information content (AvgIpc) is 2.85. The molecular formula is C31H25IN3O+. The molecule has 0 aliphatic carbocycles. The number of aromatic nitrogens is 1. The highest BCUT2D eigenvalue weighted by atomic mass is 127. The zero-order chi connectivity index (χ0) is 25.5. The standard InChI is InChI=1S/C31H24IN3O/c1-22-9-15-29(32)26(17-22)13-11-24-19-25(21-35(3)20-24)12-14-27-18-23(2)10-16-30(27)34-31(36)33-28-7-5-4-6-8-28/h4-10,15-21H,1-3H3,(H-,33,34,36)/p+1. The molecule has 0 saturated carbocycles. The number of hydrogen-bond acceptors (Lipinski definition) is 1. The van der Waals surface area contributed by atoms with Gasteiger partial charge in [-0.25, -0.2) is 9.36 Å². The molecule has 0 fully saturated rings. The van der Waals surface area contributed by atoms with Crippen molar-refractivity contribution in [3.63, 3.8) is 0 Å². The van der Waals surface area contributed by atoms with Crippen LogP contribution in [0.1, 0.15) is 33.4 Å². The molecule has 4 nitrogen and oxygen atoms in total. The van der Waals surface area contributed by atoms with Crippen molar-refractivity contribution < 1.29 is 9.36 Å². The number of para-hydroxylation sites is 1. The molecule has 3 aromatic carbocycles. The number of carbonyl (C=O) groups is 1. The van der Waals surface area contributed by atoms with Gasteiger partial charge in [0.2, 0.25) is 0 Å². The molecule has 36 heavy (non-hydrogen) atoms. The number of rotatable bonds is 2. The van der Waals surface area contributed by atoms with E-state index in [2.05, 4.69) is 82.0 Å². The van der Waals surface area contributed by atoms with E-state index in [-0.39, 0.29) is 6.03 Å². The lowest BCUT2D eigenvalue weighted by Crippen LogP contribution is -2.27. The highest BCUT2D eigenvalue weighted by Crippen LogP contribution is 2.18. The number of halogens is 1. The topological polar surface area (TPSA) is 45.0 Å². The molecular weight excluding hydrogens is 557 g/mol. The summed E-state index contributed by atoms with van der Waals surface area (Å²) in [7, 11) is 1.96. The van der Waals surface area contributed by atoms with E-state index >= 15 is 0 Å². The molecule has 0 atom stereocenters. The van der Waals surface area contributed by atoms with Crippen LogP contribution in [-0.4, -0.2) is 6.03 Å². The molecule has 0 bridgehead atoms. The normalized spacial score (nSPS) is 9.89. The van der Waals surface area contributed by atoms with Gasteiger partial charge >= 0.3 is 6.03 Å². The summed E-state index contributed by atoms with van der Waals surface area (Å²) >= 11 is 2.31. The summed E-state index contributed by atoms with van der Waals surface area (Å²) < 4.78 is 3.08. The van der Waals surface area contributed by atoms with Gasteiger partial charge in [-0.2, -0.15) is 0 Å². The second-order valence-corrected chi connectivity index (χ2v) is 9.62. The second kappa shape index (κ2) is 11.6. The third-order valence-corrected chi connectivity index (χ3v) is 6.20. The van der Waals surface area contributed by atoms with Gasteiger partial charge in [-0.3, -0.25) is 0 Å². The minimum atomic E-state index is -0.317. The molecule has 0 unspecified atom stereocenters. The van der Waals surface area contributed by atoms with Crippen LogP contribution >= 0.6 is 22.6 Å². The lowest BCUT2D eigenvalue weighted by Gasteiger charge is -2.10. The van der Waals surface area contributed by atoms with Gasteiger partial charge in [-0.15, -0.1) is 0 Å². The summed E-state index contributed by atoms with van der Waals surface area (Å²) in [6.07, 6.45) is 3.94. The first-order chi connectivity index (χ1) is 17.4. The van der Waals surface area contributed by atoms with Gasteiger partial charge in [0.25, 0.3) is 0 Å². The number of nitrogens with zero attached hydrogens (tertiary/aromatic N) is 1. The quantitative estimate of drug-likeness (QED) is 0.166. The molecule has 1 heterocycles. The zero-order valence-corrected chi connectivity index (χ0v) is 22.5. The molecule has 0 radical (unpaired) electrons. The number of hydrogen-bond donors (Lipinski definition) is 2. The lowest BCUT2D eigenvalue weighted by molar-refractivity contribution is -0.671. The molecule has 4 rings (SSSR count). The summed E-state index contributed by atoms with van der Waals surface area (Å²) in [4.78, 5) is 12.5. The molecule has 0 aliphatic heterocycles. The van der Waals surface area contributed by atoms with Crippen LogP contribution in [0.3, 0.4) is 0 Å². The number of benzene rings is 3. The highest BCUT2D eigenvalue weighted by Gasteiger charge is 2.07. The maximum atomic E-state index is 12.5.